The monoisotopic (exact) mass is 317 g/mol. The molecule has 3 nitrogen and oxygen atoms in total. The summed E-state index contributed by atoms with van der Waals surface area (Å²) < 4.78 is 5.17. The van der Waals surface area contributed by atoms with E-state index in [1.165, 1.54) is 0 Å². The molecule has 0 spiro atoms. The van der Waals surface area contributed by atoms with Crippen molar-refractivity contribution in [3.05, 3.63) is 64.7 Å². The molecule has 22 heavy (non-hydrogen) atoms. The van der Waals surface area contributed by atoms with E-state index in [1.807, 2.05) is 48.5 Å². The number of methoxy groups -OCH3 is 1. The van der Waals surface area contributed by atoms with Gasteiger partial charge in [-0.2, -0.15) is 0 Å². The van der Waals surface area contributed by atoms with Gasteiger partial charge in [-0.05, 0) is 48.2 Å². The number of nitrogens with one attached hydrogen (secondary N) is 1. The number of carbonyl (C=O) groups excluding carboxylic acids is 1. The van der Waals surface area contributed by atoms with E-state index < -0.39 is 0 Å². The molecular formula is C18H20ClNO2. The molecule has 0 aliphatic carbocycles. The highest BCUT2D eigenvalue weighted by molar-refractivity contribution is 6.30. The molecule has 0 bridgehead atoms. The molecule has 0 radical (unpaired) electrons. The van der Waals surface area contributed by atoms with Crippen molar-refractivity contribution >= 4 is 17.5 Å². The first-order valence-corrected chi connectivity index (χ1v) is 7.69. The minimum atomic E-state index is 0.0600. The van der Waals surface area contributed by atoms with Gasteiger partial charge in [0.2, 0.25) is 5.91 Å². The maximum Gasteiger partial charge on any atom is 0.220 e. The first-order valence-electron chi connectivity index (χ1n) is 7.31. The van der Waals surface area contributed by atoms with Crippen molar-refractivity contribution in [2.45, 2.75) is 19.3 Å². The van der Waals surface area contributed by atoms with E-state index in [2.05, 4.69) is 5.32 Å². The van der Waals surface area contributed by atoms with Crippen LogP contribution in [0.1, 0.15) is 17.5 Å². The average molecular weight is 318 g/mol. The first kappa shape index (κ1) is 16.4. The highest BCUT2D eigenvalue weighted by Gasteiger charge is 2.03. The van der Waals surface area contributed by atoms with Crippen LogP contribution in [0.15, 0.2) is 48.5 Å². The van der Waals surface area contributed by atoms with Gasteiger partial charge in [-0.3, -0.25) is 4.79 Å². The van der Waals surface area contributed by atoms with E-state index in [1.54, 1.807) is 7.11 Å². The Bertz CT molecular complexity index is 628. The van der Waals surface area contributed by atoms with Crippen LogP contribution in [-0.2, 0) is 17.6 Å². The van der Waals surface area contributed by atoms with Gasteiger partial charge in [0, 0.05) is 18.0 Å². The van der Waals surface area contributed by atoms with Crippen molar-refractivity contribution in [2.75, 3.05) is 13.7 Å². The number of ether oxygens (including phenoxy) is 1. The third-order valence-corrected chi connectivity index (χ3v) is 3.63. The molecule has 2 aromatic rings. The molecule has 0 unspecified atom stereocenters. The Morgan fingerprint density at radius 2 is 1.82 bits per heavy atom. The van der Waals surface area contributed by atoms with Gasteiger partial charge in [0.05, 0.1) is 7.11 Å². The molecule has 4 heteroatoms. The lowest BCUT2D eigenvalue weighted by molar-refractivity contribution is -0.121. The Kier molecular flexibility index (Phi) is 6.28. The average Bonchev–Trinajstić information content (AvgIpc) is 2.53. The fourth-order valence-corrected chi connectivity index (χ4v) is 2.43. The quantitative estimate of drug-likeness (QED) is 0.846. The van der Waals surface area contributed by atoms with Gasteiger partial charge in [-0.25, -0.2) is 0 Å². The Hall–Kier alpha value is -2.00. The molecule has 0 aliphatic heterocycles. The lowest BCUT2D eigenvalue weighted by Gasteiger charge is -2.07. The molecule has 2 rings (SSSR count). The third kappa shape index (κ3) is 5.41. The van der Waals surface area contributed by atoms with Crippen LogP contribution in [0.4, 0.5) is 0 Å². The number of carbonyl (C=O) groups is 1. The van der Waals surface area contributed by atoms with Crippen molar-refractivity contribution in [1.29, 1.82) is 0 Å². The third-order valence-electron chi connectivity index (χ3n) is 3.40. The molecular weight excluding hydrogens is 298 g/mol. The van der Waals surface area contributed by atoms with Crippen molar-refractivity contribution in [1.82, 2.24) is 5.32 Å². The number of rotatable bonds is 7. The van der Waals surface area contributed by atoms with Crippen LogP contribution in [0.3, 0.4) is 0 Å². The number of hydrogen-bond acceptors (Lipinski definition) is 2. The molecule has 1 amide bonds. The van der Waals surface area contributed by atoms with Gasteiger partial charge in [-0.1, -0.05) is 35.9 Å². The van der Waals surface area contributed by atoms with E-state index in [-0.39, 0.29) is 5.91 Å². The molecule has 0 fully saturated rings. The van der Waals surface area contributed by atoms with Crippen LogP contribution in [0.5, 0.6) is 5.75 Å². The Balaban J connectivity index is 1.71. The van der Waals surface area contributed by atoms with E-state index >= 15 is 0 Å². The predicted octanol–water partition coefficient (Wildman–Crippen LogP) is 3.64. The highest BCUT2D eigenvalue weighted by atomic mass is 35.5. The molecule has 0 aliphatic rings. The first-order chi connectivity index (χ1) is 10.7. The number of hydrogen-bond donors (Lipinski definition) is 1. The van der Waals surface area contributed by atoms with Gasteiger partial charge in [0.15, 0.2) is 0 Å². The Morgan fingerprint density at radius 3 is 2.55 bits per heavy atom. The van der Waals surface area contributed by atoms with Crippen molar-refractivity contribution < 1.29 is 9.53 Å². The lowest BCUT2D eigenvalue weighted by Crippen LogP contribution is -2.25. The van der Waals surface area contributed by atoms with Gasteiger partial charge < -0.3 is 10.1 Å². The summed E-state index contributed by atoms with van der Waals surface area (Å²) in [4.78, 5) is 11.9. The molecule has 0 saturated heterocycles. The number of halogens is 1. The Labute approximate surface area is 136 Å². The summed E-state index contributed by atoms with van der Waals surface area (Å²) in [6.07, 6.45) is 1.97. The second kappa shape index (κ2) is 8.44. The van der Waals surface area contributed by atoms with Crippen molar-refractivity contribution in [2.24, 2.45) is 0 Å². The highest BCUT2D eigenvalue weighted by Crippen LogP contribution is 2.14. The van der Waals surface area contributed by atoms with Crippen LogP contribution in [0.2, 0.25) is 5.02 Å². The van der Waals surface area contributed by atoms with Crippen LogP contribution < -0.4 is 10.1 Å². The lowest BCUT2D eigenvalue weighted by atomic mass is 10.1. The molecule has 116 valence electrons. The minimum absolute atomic E-state index is 0.0600. The van der Waals surface area contributed by atoms with E-state index in [9.17, 15) is 4.79 Å². The van der Waals surface area contributed by atoms with Crippen LogP contribution in [-0.4, -0.2) is 19.6 Å². The van der Waals surface area contributed by atoms with Crippen LogP contribution >= 0.6 is 11.6 Å². The zero-order valence-corrected chi connectivity index (χ0v) is 13.4. The smallest absolute Gasteiger partial charge is 0.220 e. The summed E-state index contributed by atoms with van der Waals surface area (Å²) >= 11 is 5.93. The summed E-state index contributed by atoms with van der Waals surface area (Å²) in [5.41, 5.74) is 2.23. The predicted molar refractivity (Wildman–Crippen MR) is 89.5 cm³/mol. The molecule has 0 saturated carbocycles. The topological polar surface area (TPSA) is 38.3 Å². The van der Waals surface area contributed by atoms with Crippen molar-refractivity contribution in [3.63, 3.8) is 0 Å². The van der Waals surface area contributed by atoms with Gasteiger partial charge in [-0.15, -0.1) is 0 Å². The van der Waals surface area contributed by atoms with Crippen LogP contribution in [0.25, 0.3) is 0 Å². The van der Waals surface area contributed by atoms with Gasteiger partial charge in [0.1, 0.15) is 5.75 Å². The zero-order chi connectivity index (χ0) is 15.8. The summed E-state index contributed by atoms with van der Waals surface area (Å²) in [5, 5.41) is 3.66. The molecule has 2 aromatic carbocycles. The summed E-state index contributed by atoms with van der Waals surface area (Å²) in [6, 6.07) is 15.5. The maximum atomic E-state index is 11.9. The number of benzene rings is 2. The second-order valence-corrected chi connectivity index (χ2v) is 5.52. The Morgan fingerprint density at radius 1 is 1.09 bits per heavy atom. The zero-order valence-electron chi connectivity index (χ0n) is 12.6. The molecule has 0 aromatic heterocycles. The van der Waals surface area contributed by atoms with E-state index in [0.29, 0.717) is 19.4 Å². The van der Waals surface area contributed by atoms with Gasteiger partial charge in [0.25, 0.3) is 0 Å². The SMILES string of the molecule is COc1cccc(CCC(=O)NCCc2cccc(Cl)c2)c1. The summed E-state index contributed by atoms with van der Waals surface area (Å²) in [6.45, 7) is 0.622. The molecule has 0 heterocycles. The van der Waals surface area contributed by atoms with Crippen LogP contribution in [0, 0.1) is 0 Å². The summed E-state index contributed by atoms with van der Waals surface area (Å²) in [7, 11) is 1.64. The molecule has 1 N–H and O–H groups in total. The largest absolute Gasteiger partial charge is 0.497 e. The standard InChI is InChI=1S/C18H20ClNO2/c1-22-17-7-3-5-14(13-17)8-9-18(21)20-11-10-15-4-2-6-16(19)12-15/h2-7,12-13H,8-11H2,1H3,(H,20,21). The van der Waals surface area contributed by atoms with Gasteiger partial charge >= 0.3 is 0 Å². The normalized spacial score (nSPS) is 10.3. The van der Waals surface area contributed by atoms with E-state index in [4.69, 9.17) is 16.3 Å². The number of aryl methyl sites for hydroxylation is 1. The minimum Gasteiger partial charge on any atom is -0.497 e. The van der Waals surface area contributed by atoms with Crippen molar-refractivity contribution in [3.8, 4) is 5.75 Å². The second-order valence-electron chi connectivity index (χ2n) is 5.08. The number of amides is 1. The maximum absolute atomic E-state index is 11.9. The molecule has 0 atom stereocenters. The summed E-state index contributed by atoms with van der Waals surface area (Å²) in [5.74, 6) is 0.878. The fourth-order valence-electron chi connectivity index (χ4n) is 2.21. The van der Waals surface area contributed by atoms with E-state index in [0.717, 1.165) is 28.3 Å². The fraction of sp³-hybridized carbons (Fsp3) is 0.278.